The second-order valence-electron chi connectivity index (χ2n) is 8.04. The molecule has 10 heteroatoms. The Balaban J connectivity index is 1.96. The van der Waals surface area contributed by atoms with Crippen molar-refractivity contribution in [2.24, 2.45) is 0 Å². The van der Waals surface area contributed by atoms with Crippen LogP contribution in [0.4, 0.5) is 5.82 Å². The average Bonchev–Trinajstić information content (AvgIpc) is 3.40. The predicted molar refractivity (Wildman–Crippen MR) is 110 cm³/mol. The van der Waals surface area contributed by atoms with Gasteiger partial charge in [-0.3, -0.25) is 14.2 Å². The third-order valence-corrected chi connectivity index (χ3v) is 5.20. The van der Waals surface area contributed by atoms with Crippen LogP contribution in [0.15, 0.2) is 29.2 Å². The van der Waals surface area contributed by atoms with Gasteiger partial charge in [0.25, 0.3) is 11.5 Å². The normalized spacial score (nSPS) is 14.2. The van der Waals surface area contributed by atoms with E-state index >= 15 is 0 Å². The van der Waals surface area contributed by atoms with E-state index in [0.717, 1.165) is 12.8 Å². The Kier molecular flexibility index (Phi) is 4.73. The van der Waals surface area contributed by atoms with E-state index in [0.29, 0.717) is 16.9 Å². The summed E-state index contributed by atoms with van der Waals surface area (Å²) < 4.78 is 8.04. The van der Waals surface area contributed by atoms with Gasteiger partial charge in [-0.2, -0.15) is 9.61 Å². The summed E-state index contributed by atoms with van der Waals surface area (Å²) in [5, 5.41) is 18.0. The first-order chi connectivity index (χ1) is 14.2. The number of ether oxygens (including phenoxy) is 1. The monoisotopic (exact) mass is 412 g/mol. The Hall–Kier alpha value is -3.40. The summed E-state index contributed by atoms with van der Waals surface area (Å²) >= 11 is 0. The third kappa shape index (κ3) is 3.50. The number of hydrogen-bond donors (Lipinski definition) is 3. The standard InChI is InChI=1S/C20H24N6O4/c1-20(2,30-3)10-25-14-9-13(12-5-4-8-22-16(12)21)24-26(14)19(29)15(18(25)28)17(27)23-11-6-7-11/h4-5,8-9,11,29H,6-7,10H2,1-3H3,(H2,21,22)(H,23,27). The molecule has 158 valence electrons. The number of pyridine rings is 1. The molecule has 0 saturated heterocycles. The number of rotatable bonds is 6. The maximum atomic E-state index is 13.3. The molecule has 1 fully saturated rings. The molecule has 3 aromatic rings. The van der Waals surface area contributed by atoms with Gasteiger partial charge in [0.05, 0.1) is 17.8 Å². The molecular weight excluding hydrogens is 388 g/mol. The predicted octanol–water partition coefficient (Wildman–Crippen LogP) is 1.16. The lowest BCUT2D eigenvalue weighted by Crippen LogP contribution is -2.40. The van der Waals surface area contributed by atoms with Crippen molar-refractivity contribution in [3.63, 3.8) is 0 Å². The fourth-order valence-electron chi connectivity index (χ4n) is 3.21. The molecule has 30 heavy (non-hydrogen) atoms. The minimum atomic E-state index is -0.705. The Morgan fingerprint density at radius 1 is 1.43 bits per heavy atom. The summed E-state index contributed by atoms with van der Waals surface area (Å²) in [5.41, 5.74) is 5.57. The molecule has 0 spiro atoms. The Labute approximate surface area is 172 Å². The lowest BCUT2D eigenvalue weighted by Gasteiger charge is -2.24. The van der Waals surface area contributed by atoms with Crippen LogP contribution in [0.3, 0.4) is 0 Å². The zero-order valence-corrected chi connectivity index (χ0v) is 17.0. The van der Waals surface area contributed by atoms with Crippen LogP contribution < -0.4 is 16.6 Å². The number of carbonyl (C=O) groups excluding carboxylic acids is 1. The van der Waals surface area contributed by atoms with Crippen molar-refractivity contribution in [3.8, 4) is 17.1 Å². The second-order valence-corrected chi connectivity index (χ2v) is 8.04. The average molecular weight is 412 g/mol. The number of nitrogens with one attached hydrogen (secondary N) is 1. The SMILES string of the molecule is COC(C)(C)Cn1c(=O)c(C(=O)NC2CC2)c(O)n2nc(-c3cccnc3N)cc12. The zero-order valence-electron chi connectivity index (χ0n) is 17.0. The van der Waals surface area contributed by atoms with Crippen LogP contribution in [0.2, 0.25) is 0 Å². The quantitative estimate of drug-likeness (QED) is 0.552. The maximum Gasteiger partial charge on any atom is 0.270 e. The highest BCUT2D eigenvalue weighted by molar-refractivity contribution is 5.96. The van der Waals surface area contributed by atoms with E-state index in [1.807, 2.05) is 13.8 Å². The first kappa shape index (κ1) is 19.9. The van der Waals surface area contributed by atoms with Crippen LogP contribution in [0, 0.1) is 0 Å². The van der Waals surface area contributed by atoms with Gasteiger partial charge in [0.2, 0.25) is 5.88 Å². The van der Waals surface area contributed by atoms with Crippen molar-refractivity contribution >= 4 is 17.4 Å². The van der Waals surface area contributed by atoms with Gasteiger partial charge in [0.15, 0.2) is 5.56 Å². The minimum absolute atomic E-state index is 0.0271. The van der Waals surface area contributed by atoms with Crippen LogP contribution in [-0.4, -0.2) is 48.9 Å². The first-order valence-electron chi connectivity index (χ1n) is 9.64. The topological polar surface area (TPSA) is 137 Å². The number of aromatic nitrogens is 4. The van der Waals surface area contributed by atoms with Crippen LogP contribution in [-0.2, 0) is 11.3 Å². The van der Waals surface area contributed by atoms with Crippen LogP contribution in [0.5, 0.6) is 5.88 Å². The third-order valence-electron chi connectivity index (χ3n) is 5.20. The van der Waals surface area contributed by atoms with Gasteiger partial charge in [-0.15, -0.1) is 0 Å². The number of hydrogen-bond acceptors (Lipinski definition) is 7. The minimum Gasteiger partial charge on any atom is -0.492 e. The van der Waals surface area contributed by atoms with Crippen molar-refractivity contribution in [2.45, 2.75) is 44.9 Å². The summed E-state index contributed by atoms with van der Waals surface area (Å²) in [6, 6.07) is 5.11. The van der Waals surface area contributed by atoms with Gasteiger partial charge in [-0.25, -0.2) is 4.98 Å². The molecular formula is C20H24N6O4. The van der Waals surface area contributed by atoms with Crippen LogP contribution >= 0.6 is 0 Å². The smallest absolute Gasteiger partial charge is 0.270 e. The van der Waals surface area contributed by atoms with Gasteiger partial charge in [0.1, 0.15) is 11.5 Å². The molecule has 10 nitrogen and oxygen atoms in total. The van der Waals surface area contributed by atoms with E-state index in [1.54, 1.807) is 31.5 Å². The van der Waals surface area contributed by atoms with Crippen molar-refractivity contribution in [2.75, 3.05) is 12.8 Å². The number of methoxy groups -OCH3 is 1. The molecule has 3 aromatic heterocycles. The van der Waals surface area contributed by atoms with E-state index in [4.69, 9.17) is 10.5 Å². The lowest BCUT2D eigenvalue weighted by molar-refractivity contribution is 0.00798. The number of nitrogens with two attached hydrogens (primary N) is 1. The molecule has 1 amide bonds. The highest BCUT2D eigenvalue weighted by atomic mass is 16.5. The Morgan fingerprint density at radius 2 is 2.17 bits per heavy atom. The summed E-state index contributed by atoms with van der Waals surface area (Å²) in [4.78, 5) is 30.0. The highest BCUT2D eigenvalue weighted by Crippen LogP contribution is 2.27. The molecule has 4 rings (SSSR count). The molecule has 0 atom stereocenters. The Morgan fingerprint density at radius 3 is 2.80 bits per heavy atom. The summed E-state index contributed by atoms with van der Waals surface area (Å²) in [6.45, 7) is 3.79. The fraction of sp³-hybridized carbons (Fsp3) is 0.400. The van der Waals surface area contributed by atoms with E-state index < -0.39 is 22.9 Å². The molecule has 1 saturated carbocycles. The van der Waals surface area contributed by atoms with E-state index in [-0.39, 0.29) is 24.0 Å². The number of carbonyl (C=O) groups is 1. The van der Waals surface area contributed by atoms with Crippen LogP contribution in [0.25, 0.3) is 16.9 Å². The molecule has 0 aliphatic heterocycles. The molecule has 1 aliphatic rings. The summed E-state index contributed by atoms with van der Waals surface area (Å²) in [5.74, 6) is -0.879. The number of fused-ring (bicyclic) bond motifs is 1. The van der Waals surface area contributed by atoms with Crippen molar-refractivity contribution < 1.29 is 14.6 Å². The first-order valence-corrected chi connectivity index (χ1v) is 9.64. The molecule has 1 aliphatic carbocycles. The molecule has 3 heterocycles. The summed E-state index contributed by atoms with van der Waals surface area (Å²) in [7, 11) is 1.54. The van der Waals surface area contributed by atoms with E-state index in [9.17, 15) is 14.7 Å². The van der Waals surface area contributed by atoms with Crippen LogP contribution in [0.1, 0.15) is 37.0 Å². The maximum absolute atomic E-state index is 13.3. The highest BCUT2D eigenvalue weighted by Gasteiger charge is 2.31. The zero-order chi connectivity index (χ0) is 21.6. The molecule has 4 N–H and O–H groups in total. The number of nitrogens with zero attached hydrogens (tertiary/aromatic N) is 4. The molecule has 0 radical (unpaired) electrons. The van der Waals surface area contributed by atoms with Gasteiger partial charge in [-0.1, -0.05) is 0 Å². The Bertz CT molecular complexity index is 1190. The van der Waals surface area contributed by atoms with Gasteiger partial charge < -0.3 is 20.9 Å². The van der Waals surface area contributed by atoms with Gasteiger partial charge in [-0.05, 0) is 38.8 Å². The van der Waals surface area contributed by atoms with Gasteiger partial charge >= 0.3 is 0 Å². The van der Waals surface area contributed by atoms with E-state index in [1.165, 1.54) is 9.08 Å². The number of aromatic hydroxyl groups is 1. The largest absolute Gasteiger partial charge is 0.492 e. The number of amides is 1. The van der Waals surface area contributed by atoms with Crippen molar-refractivity contribution in [1.82, 2.24) is 24.5 Å². The fourth-order valence-corrected chi connectivity index (χ4v) is 3.21. The molecule has 0 bridgehead atoms. The second kappa shape index (κ2) is 7.13. The number of nitrogen functional groups attached to an aromatic ring is 1. The van der Waals surface area contributed by atoms with Gasteiger partial charge in [0, 0.05) is 31.0 Å². The van der Waals surface area contributed by atoms with Crippen molar-refractivity contribution in [1.29, 1.82) is 0 Å². The number of anilines is 1. The van der Waals surface area contributed by atoms with Crippen molar-refractivity contribution in [3.05, 3.63) is 40.3 Å². The summed E-state index contributed by atoms with van der Waals surface area (Å²) in [6.07, 6.45) is 3.27. The lowest BCUT2D eigenvalue weighted by atomic mass is 10.1. The van der Waals surface area contributed by atoms with E-state index in [2.05, 4.69) is 15.4 Å². The molecule has 0 unspecified atom stereocenters. The molecule has 0 aromatic carbocycles.